The molecule has 2 atom stereocenters. The van der Waals surface area contributed by atoms with Crippen molar-refractivity contribution in [2.45, 2.75) is 19.0 Å². The van der Waals surface area contributed by atoms with E-state index in [2.05, 4.69) is 17.6 Å². The van der Waals surface area contributed by atoms with E-state index in [0.717, 1.165) is 13.1 Å². The largest absolute Gasteiger partial charge is 0.395 e. The molecule has 0 bridgehead atoms. The van der Waals surface area contributed by atoms with Gasteiger partial charge in [0.05, 0.1) is 6.61 Å². The predicted molar refractivity (Wildman–Crippen MR) is 50.8 cm³/mol. The molecule has 0 amide bonds. The molecule has 0 radical (unpaired) electrons. The van der Waals surface area contributed by atoms with E-state index < -0.39 is 0 Å². The zero-order valence-electron chi connectivity index (χ0n) is 6.54. The van der Waals surface area contributed by atoms with Crippen LogP contribution in [0, 0.1) is 0 Å². The fourth-order valence-electron chi connectivity index (χ4n) is 0.960. The molecule has 1 rings (SSSR count). The molecule has 0 spiro atoms. The topological polar surface area (TPSA) is 44.3 Å². The third-order valence-corrected chi connectivity index (χ3v) is 1.65. The maximum atomic E-state index is 8.67. The number of halogens is 2. The van der Waals surface area contributed by atoms with E-state index in [9.17, 15) is 0 Å². The molecule has 70 valence electrons. The van der Waals surface area contributed by atoms with E-state index >= 15 is 0 Å². The van der Waals surface area contributed by atoms with Gasteiger partial charge in [0.1, 0.15) is 0 Å². The first-order valence-electron chi connectivity index (χ1n) is 3.40. The highest BCUT2D eigenvalue weighted by atomic mass is 35.5. The number of hydrogen-bond donors (Lipinski definition) is 3. The van der Waals surface area contributed by atoms with Crippen LogP contribution in [0.2, 0.25) is 0 Å². The summed E-state index contributed by atoms with van der Waals surface area (Å²) in [6, 6.07) is 0.814. The average Bonchev–Trinajstić information content (AvgIpc) is 1.90. The van der Waals surface area contributed by atoms with E-state index in [1.807, 2.05) is 0 Å². The van der Waals surface area contributed by atoms with E-state index in [0.29, 0.717) is 6.04 Å². The van der Waals surface area contributed by atoms with Gasteiger partial charge in [-0.3, -0.25) is 0 Å². The summed E-state index contributed by atoms with van der Waals surface area (Å²) in [6.07, 6.45) is 0. The zero-order valence-corrected chi connectivity index (χ0v) is 8.17. The van der Waals surface area contributed by atoms with E-state index in [-0.39, 0.29) is 37.5 Å². The van der Waals surface area contributed by atoms with Crippen LogP contribution in [0.25, 0.3) is 0 Å². The summed E-state index contributed by atoms with van der Waals surface area (Å²) in [5.41, 5.74) is 0. The molecular weight excluding hydrogens is 187 g/mol. The summed E-state index contributed by atoms with van der Waals surface area (Å²) in [6.45, 7) is 4.21. The maximum Gasteiger partial charge on any atom is 0.0597 e. The Bertz CT molecular complexity index is 86.7. The molecule has 1 saturated heterocycles. The molecule has 0 saturated carbocycles. The number of aliphatic hydroxyl groups is 1. The van der Waals surface area contributed by atoms with Gasteiger partial charge in [-0.25, -0.2) is 0 Å². The second-order valence-electron chi connectivity index (χ2n) is 2.60. The maximum absolute atomic E-state index is 8.67. The molecule has 0 aromatic carbocycles. The first kappa shape index (κ1) is 14.0. The average molecular weight is 203 g/mol. The van der Waals surface area contributed by atoms with Crippen molar-refractivity contribution in [3.8, 4) is 0 Å². The minimum absolute atomic E-state index is 0. The van der Waals surface area contributed by atoms with Gasteiger partial charge in [-0.1, -0.05) is 0 Å². The van der Waals surface area contributed by atoms with Gasteiger partial charge >= 0.3 is 0 Å². The number of rotatable bonds is 1. The molecule has 0 unspecified atom stereocenters. The highest BCUT2D eigenvalue weighted by Crippen LogP contribution is 1.90. The van der Waals surface area contributed by atoms with Crippen molar-refractivity contribution in [3.05, 3.63) is 0 Å². The van der Waals surface area contributed by atoms with Gasteiger partial charge in [0.25, 0.3) is 0 Å². The minimum Gasteiger partial charge on any atom is -0.395 e. The molecule has 1 heterocycles. The van der Waals surface area contributed by atoms with Crippen LogP contribution in [0.4, 0.5) is 0 Å². The van der Waals surface area contributed by atoms with Gasteiger partial charge in [-0.15, -0.1) is 24.8 Å². The fraction of sp³-hybridized carbons (Fsp3) is 1.00. The van der Waals surface area contributed by atoms with Gasteiger partial charge in [-0.2, -0.15) is 0 Å². The number of piperazine rings is 1. The molecule has 3 nitrogen and oxygen atoms in total. The first-order valence-corrected chi connectivity index (χ1v) is 3.40. The number of nitrogens with one attached hydrogen (secondary N) is 2. The third-order valence-electron chi connectivity index (χ3n) is 1.65. The van der Waals surface area contributed by atoms with Crippen LogP contribution >= 0.6 is 24.8 Å². The molecule has 0 aromatic rings. The zero-order chi connectivity index (χ0) is 6.69. The van der Waals surface area contributed by atoms with Crippen molar-refractivity contribution < 1.29 is 5.11 Å². The predicted octanol–water partition coefficient (Wildman–Crippen LogP) is -0.228. The quantitative estimate of drug-likeness (QED) is 0.551. The van der Waals surface area contributed by atoms with Crippen LogP contribution in [0.15, 0.2) is 0 Å². The van der Waals surface area contributed by atoms with Crippen LogP contribution in [0.1, 0.15) is 6.92 Å². The Morgan fingerprint density at radius 3 is 2.27 bits per heavy atom. The summed E-state index contributed by atoms with van der Waals surface area (Å²) in [4.78, 5) is 0. The molecule has 1 aliphatic heterocycles. The van der Waals surface area contributed by atoms with Crippen LogP contribution < -0.4 is 10.6 Å². The minimum atomic E-state index is 0. The molecular formula is C6H16Cl2N2O. The molecule has 1 fully saturated rings. The summed E-state index contributed by atoms with van der Waals surface area (Å²) >= 11 is 0. The van der Waals surface area contributed by atoms with Crippen molar-refractivity contribution in [2.75, 3.05) is 19.7 Å². The van der Waals surface area contributed by atoms with Gasteiger partial charge < -0.3 is 15.7 Å². The van der Waals surface area contributed by atoms with Gasteiger partial charge in [0.2, 0.25) is 0 Å². The van der Waals surface area contributed by atoms with Crippen LogP contribution in [0.3, 0.4) is 0 Å². The third kappa shape index (κ3) is 4.82. The van der Waals surface area contributed by atoms with Crippen molar-refractivity contribution in [3.63, 3.8) is 0 Å². The smallest absolute Gasteiger partial charge is 0.0597 e. The monoisotopic (exact) mass is 202 g/mol. The lowest BCUT2D eigenvalue weighted by atomic mass is 10.2. The lowest BCUT2D eigenvalue weighted by molar-refractivity contribution is 0.216. The second-order valence-corrected chi connectivity index (χ2v) is 2.60. The molecule has 11 heavy (non-hydrogen) atoms. The summed E-state index contributed by atoms with van der Waals surface area (Å²) in [7, 11) is 0. The summed E-state index contributed by atoms with van der Waals surface area (Å²) < 4.78 is 0. The van der Waals surface area contributed by atoms with Gasteiger partial charge in [-0.05, 0) is 6.92 Å². The number of hydrogen-bond acceptors (Lipinski definition) is 3. The van der Waals surface area contributed by atoms with E-state index in [1.165, 1.54) is 0 Å². The SMILES string of the molecule is C[C@H]1CN[C@@H](CO)CN1.Cl.Cl. The Labute approximate surface area is 79.8 Å². The molecule has 1 aliphatic rings. The molecule has 3 N–H and O–H groups in total. The van der Waals surface area contributed by atoms with E-state index in [4.69, 9.17) is 5.11 Å². The second kappa shape index (κ2) is 7.13. The molecule has 5 heteroatoms. The highest BCUT2D eigenvalue weighted by molar-refractivity contribution is 5.85. The summed E-state index contributed by atoms with van der Waals surface area (Å²) in [5, 5.41) is 15.1. The normalized spacial score (nSPS) is 30.0. The van der Waals surface area contributed by atoms with Gasteiger partial charge in [0.15, 0.2) is 0 Å². The van der Waals surface area contributed by atoms with Crippen LogP contribution in [-0.4, -0.2) is 36.9 Å². The van der Waals surface area contributed by atoms with Crippen molar-refractivity contribution in [1.29, 1.82) is 0 Å². The van der Waals surface area contributed by atoms with Crippen molar-refractivity contribution in [2.24, 2.45) is 0 Å². The Morgan fingerprint density at radius 2 is 1.91 bits per heavy atom. The van der Waals surface area contributed by atoms with Crippen molar-refractivity contribution >= 4 is 24.8 Å². The Balaban J connectivity index is 0. The molecule has 0 aliphatic carbocycles. The number of aliphatic hydroxyl groups excluding tert-OH is 1. The Kier molecular flexibility index (Phi) is 9.08. The summed E-state index contributed by atoms with van der Waals surface area (Å²) in [5.74, 6) is 0. The Hall–Kier alpha value is 0.460. The van der Waals surface area contributed by atoms with Crippen molar-refractivity contribution in [1.82, 2.24) is 10.6 Å². The Morgan fingerprint density at radius 1 is 1.27 bits per heavy atom. The lowest BCUT2D eigenvalue weighted by Gasteiger charge is -2.27. The van der Waals surface area contributed by atoms with E-state index in [1.54, 1.807) is 0 Å². The van der Waals surface area contributed by atoms with Crippen LogP contribution in [-0.2, 0) is 0 Å². The standard InChI is InChI=1S/C6H14N2O.2ClH/c1-5-2-8-6(4-9)3-7-5;;/h5-9H,2-4H2,1H3;2*1H/t5-,6+;;/m0../s1. The first-order chi connectivity index (χ1) is 4.33. The van der Waals surface area contributed by atoms with Gasteiger partial charge in [0, 0.05) is 25.2 Å². The lowest BCUT2D eigenvalue weighted by Crippen LogP contribution is -2.54. The molecule has 0 aromatic heterocycles. The van der Waals surface area contributed by atoms with Crippen LogP contribution in [0.5, 0.6) is 0 Å². The fourth-order valence-corrected chi connectivity index (χ4v) is 0.960. The highest BCUT2D eigenvalue weighted by Gasteiger charge is 2.14.